The summed E-state index contributed by atoms with van der Waals surface area (Å²) in [5, 5.41) is 10.3. The van der Waals surface area contributed by atoms with Crippen molar-refractivity contribution in [2.75, 3.05) is 0 Å². The fourth-order valence-corrected chi connectivity index (χ4v) is 2.87. The maximum absolute atomic E-state index is 10.3. The molecule has 1 nitrogen and oxygen atoms in total. The Balaban J connectivity index is 2.32. The van der Waals surface area contributed by atoms with E-state index in [0.29, 0.717) is 11.3 Å². The molecular formula is C15H30O. The molecule has 96 valence electrons. The predicted octanol–water partition coefficient (Wildman–Crippen LogP) is 4.39. The summed E-state index contributed by atoms with van der Waals surface area (Å²) in [5.74, 6) is 1.46. The van der Waals surface area contributed by atoms with Crippen LogP contribution in [-0.4, -0.2) is 11.2 Å². The maximum Gasteiger partial charge on any atom is 0.0568 e. The van der Waals surface area contributed by atoms with Crippen molar-refractivity contribution < 1.29 is 5.11 Å². The second kappa shape index (κ2) is 6.05. The smallest absolute Gasteiger partial charge is 0.0568 e. The number of aliphatic hydroxyl groups is 1. The van der Waals surface area contributed by atoms with E-state index in [1.54, 1.807) is 0 Å². The molecular weight excluding hydrogens is 196 g/mol. The van der Waals surface area contributed by atoms with E-state index >= 15 is 0 Å². The molecule has 1 saturated carbocycles. The van der Waals surface area contributed by atoms with Gasteiger partial charge in [0.1, 0.15) is 0 Å². The van der Waals surface area contributed by atoms with E-state index in [4.69, 9.17) is 0 Å². The molecule has 0 aromatic rings. The van der Waals surface area contributed by atoms with E-state index in [1.165, 1.54) is 32.1 Å². The molecule has 1 aliphatic carbocycles. The number of hydrogen-bond donors (Lipinski definition) is 1. The number of hydrogen-bond acceptors (Lipinski definition) is 1. The first kappa shape index (κ1) is 14.0. The van der Waals surface area contributed by atoms with Crippen LogP contribution < -0.4 is 0 Å². The van der Waals surface area contributed by atoms with Crippen molar-refractivity contribution in [3.05, 3.63) is 0 Å². The van der Waals surface area contributed by atoms with E-state index in [1.807, 2.05) is 0 Å². The molecule has 0 saturated heterocycles. The fraction of sp³-hybridized carbons (Fsp3) is 1.00. The number of rotatable bonds is 4. The Bertz CT molecular complexity index is 192. The molecule has 0 amide bonds. The van der Waals surface area contributed by atoms with Crippen LogP contribution in [0.2, 0.25) is 0 Å². The van der Waals surface area contributed by atoms with Gasteiger partial charge in [-0.15, -0.1) is 0 Å². The van der Waals surface area contributed by atoms with E-state index in [2.05, 4.69) is 27.7 Å². The quantitative estimate of drug-likeness (QED) is 0.753. The van der Waals surface area contributed by atoms with Crippen molar-refractivity contribution in [3.63, 3.8) is 0 Å². The van der Waals surface area contributed by atoms with Gasteiger partial charge in [0.15, 0.2) is 0 Å². The van der Waals surface area contributed by atoms with E-state index in [9.17, 15) is 5.11 Å². The molecule has 0 spiro atoms. The molecule has 0 bridgehead atoms. The molecule has 3 atom stereocenters. The van der Waals surface area contributed by atoms with Crippen molar-refractivity contribution in [1.29, 1.82) is 0 Å². The lowest BCUT2D eigenvalue weighted by molar-refractivity contribution is 0.0526. The molecule has 16 heavy (non-hydrogen) atoms. The summed E-state index contributed by atoms with van der Waals surface area (Å²) in [6.07, 6.45) is 8.61. The third kappa shape index (κ3) is 4.86. The Labute approximate surface area is 102 Å². The van der Waals surface area contributed by atoms with Crippen LogP contribution in [0.4, 0.5) is 0 Å². The summed E-state index contributed by atoms with van der Waals surface area (Å²) in [7, 11) is 0. The normalized spacial score (nSPS) is 29.1. The van der Waals surface area contributed by atoms with Gasteiger partial charge in [-0.3, -0.25) is 0 Å². The van der Waals surface area contributed by atoms with Crippen molar-refractivity contribution in [3.8, 4) is 0 Å². The standard InChI is InChI=1S/C15H30O/c1-5-12-7-6-8-13(11-12)14(16)9-10-15(2,3)4/h12-14,16H,5-11H2,1-4H3. The monoisotopic (exact) mass is 226 g/mol. The highest BCUT2D eigenvalue weighted by molar-refractivity contribution is 4.78. The van der Waals surface area contributed by atoms with Crippen LogP contribution in [0.5, 0.6) is 0 Å². The van der Waals surface area contributed by atoms with Crippen LogP contribution in [0, 0.1) is 17.3 Å². The van der Waals surface area contributed by atoms with E-state index in [0.717, 1.165) is 18.8 Å². The summed E-state index contributed by atoms with van der Waals surface area (Å²) in [4.78, 5) is 0. The molecule has 1 heteroatoms. The molecule has 1 fully saturated rings. The first-order valence-corrected chi connectivity index (χ1v) is 7.10. The van der Waals surface area contributed by atoms with Crippen molar-refractivity contribution in [1.82, 2.24) is 0 Å². The van der Waals surface area contributed by atoms with Crippen molar-refractivity contribution in [2.24, 2.45) is 17.3 Å². The predicted molar refractivity (Wildman–Crippen MR) is 70.4 cm³/mol. The van der Waals surface area contributed by atoms with Crippen LogP contribution in [0.3, 0.4) is 0 Å². The minimum atomic E-state index is -0.0476. The maximum atomic E-state index is 10.3. The van der Waals surface area contributed by atoms with Crippen LogP contribution in [0.15, 0.2) is 0 Å². The lowest BCUT2D eigenvalue weighted by Crippen LogP contribution is -2.27. The second-order valence-corrected chi connectivity index (χ2v) is 6.87. The highest BCUT2D eigenvalue weighted by Crippen LogP contribution is 2.35. The zero-order valence-electron chi connectivity index (χ0n) is 11.6. The van der Waals surface area contributed by atoms with Gasteiger partial charge in [-0.25, -0.2) is 0 Å². The Hall–Kier alpha value is -0.0400. The molecule has 1 N–H and O–H groups in total. The summed E-state index contributed by atoms with van der Waals surface area (Å²) in [5.41, 5.74) is 0.361. The Morgan fingerprint density at radius 3 is 2.50 bits per heavy atom. The van der Waals surface area contributed by atoms with Gasteiger partial charge in [-0.05, 0) is 42.9 Å². The average molecular weight is 226 g/mol. The molecule has 0 aromatic heterocycles. The van der Waals surface area contributed by atoms with Gasteiger partial charge in [0.2, 0.25) is 0 Å². The van der Waals surface area contributed by atoms with Crippen LogP contribution >= 0.6 is 0 Å². The average Bonchev–Trinajstić information content (AvgIpc) is 2.25. The van der Waals surface area contributed by atoms with Gasteiger partial charge in [0.05, 0.1) is 6.10 Å². The van der Waals surface area contributed by atoms with Gasteiger partial charge >= 0.3 is 0 Å². The van der Waals surface area contributed by atoms with Gasteiger partial charge in [-0.1, -0.05) is 47.0 Å². The SMILES string of the molecule is CCC1CCCC(C(O)CCC(C)(C)C)C1. The van der Waals surface area contributed by atoms with Gasteiger partial charge in [-0.2, -0.15) is 0 Å². The minimum absolute atomic E-state index is 0.0476. The minimum Gasteiger partial charge on any atom is -0.393 e. The molecule has 1 rings (SSSR count). The van der Waals surface area contributed by atoms with E-state index < -0.39 is 0 Å². The third-order valence-electron chi connectivity index (χ3n) is 4.13. The lowest BCUT2D eigenvalue weighted by atomic mass is 9.76. The summed E-state index contributed by atoms with van der Waals surface area (Å²) < 4.78 is 0. The third-order valence-corrected chi connectivity index (χ3v) is 4.13. The van der Waals surface area contributed by atoms with Crippen LogP contribution in [0.1, 0.15) is 72.6 Å². The summed E-state index contributed by atoms with van der Waals surface area (Å²) in [6.45, 7) is 9.06. The molecule has 0 aromatic carbocycles. The first-order valence-electron chi connectivity index (χ1n) is 7.10. The van der Waals surface area contributed by atoms with Crippen molar-refractivity contribution >= 4 is 0 Å². The number of aliphatic hydroxyl groups excluding tert-OH is 1. The van der Waals surface area contributed by atoms with Crippen LogP contribution in [0.25, 0.3) is 0 Å². The van der Waals surface area contributed by atoms with Gasteiger partial charge in [0.25, 0.3) is 0 Å². The zero-order chi connectivity index (χ0) is 12.2. The molecule has 0 aliphatic heterocycles. The summed E-state index contributed by atoms with van der Waals surface area (Å²) in [6, 6.07) is 0. The zero-order valence-corrected chi connectivity index (χ0v) is 11.6. The Kier molecular flexibility index (Phi) is 5.30. The topological polar surface area (TPSA) is 20.2 Å². The van der Waals surface area contributed by atoms with Crippen molar-refractivity contribution in [2.45, 2.75) is 78.7 Å². The molecule has 0 heterocycles. The first-order chi connectivity index (χ1) is 7.42. The summed E-state index contributed by atoms with van der Waals surface area (Å²) >= 11 is 0. The highest BCUT2D eigenvalue weighted by Gasteiger charge is 2.27. The highest BCUT2D eigenvalue weighted by atomic mass is 16.3. The lowest BCUT2D eigenvalue weighted by Gasteiger charge is -2.32. The molecule has 1 aliphatic rings. The molecule has 0 radical (unpaired) electrons. The fourth-order valence-electron chi connectivity index (χ4n) is 2.87. The second-order valence-electron chi connectivity index (χ2n) is 6.87. The molecule has 3 unspecified atom stereocenters. The Morgan fingerprint density at radius 1 is 1.25 bits per heavy atom. The van der Waals surface area contributed by atoms with E-state index in [-0.39, 0.29) is 6.10 Å². The Morgan fingerprint density at radius 2 is 1.94 bits per heavy atom. The largest absolute Gasteiger partial charge is 0.393 e. The van der Waals surface area contributed by atoms with Gasteiger partial charge < -0.3 is 5.11 Å². The van der Waals surface area contributed by atoms with Crippen LogP contribution in [-0.2, 0) is 0 Å². The van der Waals surface area contributed by atoms with Gasteiger partial charge in [0, 0.05) is 0 Å².